The number of aromatic hydroxyl groups is 1. The van der Waals surface area contributed by atoms with Gasteiger partial charge in [-0.25, -0.2) is 0 Å². The molecule has 0 amide bonds. The number of hydrogen-bond donors (Lipinski definition) is 4. The van der Waals surface area contributed by atoms with Gasteiger partial charge in [0.1, 0.15) is 22.8 Å². The number of rotatable bonds is 8. The summed E-state index contributed by atoms with van der Waals surface area (Å²) in [4.78, 5) is 53.9. The standard InChI is InChI=1S/C38H44O8/c1-19(2)10-8-13-26(40)23-12-9-11-22(16-23)24-14-15-27(41)29-25(24)17-36(6)18-37(7)30(20(3)4)32(42)28(21(5)39)34(44)38(37,46)35(45)31(36)33(29)43/h9,11-12,14-16,19-20,30,41-42,45-46H,8,10,13,17-18H2,1-7H3/t30?,36-,37-,38+/m1/s1. The van der Waals surface area contributed by atoms with Crippen molar-refractivity contribution in [1.29, 1.82) is 0 Å². The Bertz CT molecular complexity index is 1740. The largest absolute Gasteiger partial charge is 0.511 e. The number of allylic oxidation sites excluding steroid dienone is 2. The molecule has 2 aromatic carbocycles. The summed E-state index contributed by atoms with van der Waals surface area (Å²) in [5.74, 6) is -4.94. The molecule has 3 aliphatic rings. The summed E-state index contributed by atoms with van der Waals surface area (Å²) in [6, 6.07) is 10.3. The van der Waals surface area contributed by atoms with E-state index in [4.69, 9.17) is 0 Å². The first-order valence-corrected chi connectivity index (χ1v) is 16.1. The van der Waals surface area contributed by atoms with E-state index in [9.17, 15) is 39.6 Å². The summed E-state index contributed by atoms with van der Waals surface area (Å²) in [6.45, 7) is 12.3. The molecule has 0 radical (unpaired) electrons. The van der Waals surface area contributed by atoms with E-state index in [-0.39, 0.29) is 41.4 Å². The first-order chi connectivity index (χ1) is 21.4. The molecule has 8 nitrogen and oxygen atoms in total. The van der Waals surface area contributed by atoms with E-state index in [0.717, 1.165) is 19.8 Å². The number of carbonyl (C=O) groups is 4. The number of fused-ring (bicyclic) bond motifs is 3. The van der Waals surface area contributed by atoms with Crippen molar-refractivity contribution >= 4 is 23.1 Å². The third kappa shape index (κ3) is 4.75. The zero-order valence-corrected chi connectivity index (χ0v) is 27.7. The van der Waals surface area contributed by atoms with Crippen LogP contribution in [0.15, 0.2) is 59.1 Å². The minimum atomic E-state index is -2.66. The second-order valence-corrected chi connectivity index (χ2v) is 14.7. The molecule has 2 aromatic rings. The van der Waals surface area contributed by atoms with Crippen LogP contribution in [0, 0.1) is 28.6 Å². The van der Waals surface area contributed by atoms with Crippen LogP contribution < -0.4 is 0 Å². The van der Waals surface area contributed by atoms with Gasteiger partial charge in [0.15, 0.2) is 23.0 Å². The molecule has 4 N–H and O–H groups in total. The number of aliphatic hydroxyl groups is 3. The van der Waals surface area contributed by atoms with Crippen LogP contribution in [0.5, 0.6) is 5.75 Å². The van der Waals surface area contributed by atoms with Crippen LogP contribution in [0.3, 0.4) is 0 Å². The van der Waals surface area contributed by atoms with Crippen LogP contribution in [0.2, 0.25) is 0 Å². The van der Waals surface area contributed by atoms with Gasteiger partial charge < -0.3 is 20.4 Å². The highest BCUT2D eigenvalue weighted by Crippen LogP contribution is 2.65. The van der Waals surface area contributed by atoms with Crippen LogP contribution in [0.25, 0.3) is 11.1 Å². The van der Waals surface area contributed by atoms with Gasteiger partial charge in [-0.1, -0.05) is 72.2 Å². The quantitative estimate of drug-likeness (QED) is 0.180. The van der Waals surface area contributed by atoms with E-state index < -0.39 is 56.8 Å². The molecule has 0 aliphatic heterocycles. The topological polar surface area (TPSA) is 149 Å². The van der Waals surface area contributed by atoms with Crippen molar-refractivity contribution in [2.45, 2.75) is 86.2 Å². The van der Waals surface area contributed by atoms with Crippen LogP contribution in [0.4, 0.5) is 0 Å². The van der Waals surface area contributed by atoms with E-state index in [1.54, 1.807) is 52.0 Å². The lowest BCUT2D eigenvalue weighted by Gasteiger charge is -2.59. The van der Waals surface area contributed by atoms with Crippen molar-refractivity contribution in [3.8, 4) is 16.9 Å². The van der Waals surface area contributed by atoms with Gasteiger partial charge in [-0.05, 0) is 66.8 Å². The third-order valence-corrected chi connectivity index (χ3v) is 10.6. The highest BCUT2D eigenvalue weighted by Gasteiger charge is 2.71. The van der Waals surface area contributed by atoms with Gasteiger partial charge in [-0.3, -0.25) is 19.2 Å². The zero-order chi connectivity index (χ0) is 34.1. The fraction of sp³-hybridized carbons (Fsp3) is 0.474. The first kappa shape index (κ1) is 33.3. The van der Waals surface area contributed by atoms with Gasteiger partial charge in [0, 0.05) is 34.3 Å². The first-order valence-electron chi connectivity index (χ1n) is 16.1. The molecule has 1 unspecified atom stereocenters. The van der Waals surface area contributed by atoms with Crippen LogP contribution in [0.1, 0.15) is 100 Å². The Balaban J connectivity index is 1.68. The third-order valence-electron chi connectivity index (χ3n) is 10.6. The fourth-order valence-corrected chi connectivity index (χ4v) is 8.68. The summed E-state index contributed by atoms with van der Waals surface area (Å²) in [7, 11) is 0. The zero-order valence-electron chi connectivity index (χ0n) is 27.7. The van der Waals surface area contributed by atoms with Crippen molar-refractivity contribution in [3.05, 3.63) is 75.8 Å². The number of Topliss-reactive ketones (excluding diaryl/α,β-unsaturated/α-hetero) is 4. The molecule has 5 rings (SSSR count). The Morgan fingerprint density at radius 3 is 2.28 bits per heavy atom. The maximum atomic E-state index is 14.4. The summed E-state index contributed by atoms with van der Waals surface area (Å²) in [6.07, 6.45) is 2.31. The summed E-state index contributed by atoms with van der Waals surface area (Å²) < 4.78 is 0. The molecule has 4 atom stereocenters. The van der Waals surface area contributed by atoms with Crippen molar-refractivity contribution < 1.29 is 39.6 Å². The van der Waals surface area contributed by atoms with E-state index in [1.807, 2.05) is 6.07 Å². The molecule has 0 saturated heterocycles. The molecule has 3 aliphatic carbocycles. The number of aliphatic hydroxyl groups excluding tert-OH is 2. The SMILES string of the molecule is CC(=O)C1=C(O)C(C(C)C)[C@@]2(C)C[C@@]3(C)Cc4c(-c5cccc(C(=O)CCCC(C)C)c5)ccc(O)c4C(=O)C3=C(O)[C@@]2(O)C1=O. The number of benzene rings is 2. The maximum Gasteiger partial charge on any atom is 0.209 e. The van der Waals surface area contributed by atoms with Crippen molar-refractivity contribution in [3.63, 3.8) is 0 Å². The van der Waals surface area contributed by atoms with E-state index in [0.29, 0.717) is 34.6 Å². The molecular formula is C38H44O8. The van der Waals surface area contributed by atoms with Gasteiger partial charge >= 0.3 is 0 Å². The molecule has 8 heteroatoms. The maximum absolute atomic E-state index is 14.4. The predicted octanol–water partition coefficient (Wildman–Crippen LogP) is 7.02. The molecule has 0 fully saturated rings. The molecule has 0 spiro atoms. The fourth-order valence-electron chi connectivity index (χ4n) is 8.68. The monoisotopic (exact) mass is 628 g/mol. The summed E-state index contributed by atoms with van der Waals surface area (Å²) >= 11 is 0. The molecule has 244 valence electrons. The second kappa shape index (κ2) is 11.3. The number of phenolic OH excluding ortho intramolecular Hbond substituents is 1. The number of ketones is 4. The molecule has 0 aromatic heterocycles. The Labute approximate surface area is 269 Å². The Morgan fingerprint density at radius 2 is 1.67 bits per heavy atom. The lowest BCUT2D eigenvalue weighted by molar-refractivity contribution is -0.171. The molecule has 0 saturated carbocycles. The van der Waals surface area contributed by atoms with Gasteiger partial charge in [0.2, 0.25) is 5.78 Å². The smallest absolute Gasteiger partial charge is 0.209 e. The normalized spacial score (nSPS) is 27.6. The molecular weight excluding hydrogens is 584 g/mol. The van der Waals surface area contributed by atoms with E-state index >= 15 is 0 Å². The Kier molecular flexibility index (Phi) is 8.21. The Morgan fingerprint density at radius 1 is 1.00 bits per heavy atom. The van der Waals surface area contributed by atoms with E-state index in [2.05, 4.69) is 13.8 Å². The van der Waals surface area contributed by atoms with Gasteiger partial charge in [-0.15, -0.1) is 0 Å². The van der Waals surface area contributed by atoms with Crippen molar-refractivity contribution in [1.82, 2.24) is 0 Å². The minimum absolute atomic E-state index is 0.00831. The lowest BCUT2D eigenvalue weighted by atomic mass is 9.44. The highest BCUT2D eigenvalue weighted by atomic mass is 16.3. The summed E-state index contributed by atoms with van der Waals surface area (Å²) in [5.41, 5.74) is -3.71. The van der Waals surface area contributed by atoms with Gasteiger partial charge in [0.25, 0.3) is 0 Å². The van der Waals surface area contributed by atoms with Gasteiger partial charge in [0.05, 0.1) is 5.56 Å². The van der Waals surface area contributed by atoms with Crippen LogP contribution in [-0.2, 0) is 16.0 Å². The van der Waals surface area contributed by atoms with Crippen molar-refractivity contribution in [2.75, 3.05) is 0 Å². The van der Waals surface area contributed by atoms with Crippen LogP contribution in [-0.4, -0.2) is 49.2 Å². The Hall–Kier alpha value is -4.04. The number of carbonyl (C=O) groups excluding carboxylic acids is 4. The second-order valence-electron chi connectivity index (χ2n) is 14.7. The van der Waals surface area contributed by atoms with Crippen molar-refractivity contribution in [2.24, 2.45) is 28.6 Å². The number of hydrogen-bond acceptors (Lipinski definition) is 8. The molecule has 0 heterocycles. The summed E-state index contributed by atoms with van der Waals surface area (Å²) in [5, 5.41) is 46.4. The minimum Gasteiger partial charge on any atom is -0.511 e. The predicted molar refractivity (Wildman–Crippen MR) is 174 cm³/mol. The molecule has 0 bridgehead atoms. The average Bonchev–Trinajstić information content (AvgIpc) is 2.94. The molecule has 46 heavy (non-hydrogen) atoms. The van der Waals surface area contributed by atoms with Crippen LogP contribution >= 0.6 is 0 Å². The average molecular weight is 629 g/mol. The van der Waals surface area contributed by atoms with E-state index in [1.165, 1.54) is 6.07 Å². The number of phenols is 1. The lowest BCUT2D eigenvalue weighted by Crippen LogP contribution is -2.67. The highest BCUT2D eigenvalue weighted by molar-refractivity contribution is 6.25. The van der Waals surface area contributed by atoms with Gasteiger partial charge in [-0.2, -0.15) is 0 Å².